The average Bonchev–Trinajstić information content (AvgIpc) is 3.19. The second kappa shape index (κ2) is 7.25. The van der Waals surface area contributed by atoms with Gasteiger partial charge >= 0.3 is 0 Å². The van der Waals surface area contributed by atoms with E-state index in [4.69, 9.17) is 4.52 Å². The molecule has 1 N–H and O–H groups in total. The van der Waals surface area contributed by atoms with E-state index in [9.17, 15) is 4.79 Å². The second-order valence-corrected chi connectivity index (χ2v) is 6.16. The van der Waals surface area contributed by atoms with Crippen LogP contribution in [0.15, 0.2) is 83.4 Å². The Morgan fingerprint density at radius 1 is 0.926 bits per heavy atom. The number of nitrogens with zero attached hydrogens (tertiary/aromatic N) is 2. The molecule has 1 amide bonds. The SMILES string of the molecule is Cc1cccc(NC(=O)c2ccccc2-c2nc(-c3ccccc3)no2)c1. The molecule has 0 saturated carbocycles. The van der Waals surface area contributed by atoms with Gasteiger partial charge in [-0.1, -0.05) is 59.8 Å². The van der Waals surface area contributed by atoms with E-state index in [1.165, 1.54) is 0 Å². The Morgan fingerprint density at radius 3 is 2.52 bits per heavy atom. The maximum Gasteiger partial charge on any atom is 0.259 e. The zero-order valence-electron chi connectivity index (χ0n) is 14.7. The van der Waals surface area contributed by atoms with Crippen LogP contribution in [0.5, 0.6) is 0 Å². The number of benzene rings is 3. The van der Waals surface area contributed by atoms with E-state index in [0.29, 0.717) is 22.8 Å². The molecule has 0 aliphatic carbocycles. The molecule has 0 bridgehead atoms. The van der Waals surface area contributed by atoms with Crippen LogP contribution in [0.25, 0.3) is 22.8 Å². The first-order chi connectivity index (χ1) is 13.2. The van der Waals surface area contributed by atoms with Gasteiger partial charge < -0.3 is 9.84 Å². The normalized spacial score (nSPS) is 10.6. The standard InChI is InChI=1S/C22H17N3O2/c1-15-8-7-11-17(14-15)23-21(26)18-12-5-6-13-19(18)22-24-20(25-27-22)16-9-3-2-4-10-16/h2-14H,1H3,(H,23,26). The Bertz CT molecular complexity index is 1090. The Morgan fingerprint density at radius 2 is 1.70 bits per heavy atom. The highest BCUT2D eigenvalue weighted by Crippen LogP contribution is 2.26. The van der Waals surface area contributed by atoms with Crippen LogP contribution in [-0.4, -0.2) is 16.0 Å². The molecule has 0 radical (unpaired) electrons. The van der Waals surface area contributed by atoms with E-state index < -0.39 is 0 Å². The number of aromatic nitrogens is 2. The molecule has 132 valence electrons. The van der Waals surface area contributed by atoms with Crippen molar-refractivity contribution < 1.29 is 9.32 Å². The van der Waals surface area contributed by atoms with Crippen molar-refractivity contribution in [3.05, 3.63) is 90.0 Å². The van der Waals surface area contributed by atoms with Gasteiger partial charge in [-0.15, -0.1) is 0 Å². The molecule has 5 heteroatoms. The van der Waals surface area contributed by atoms with E-state index in [0.717, 1.165) is 16.8 Å². The van der Waals surface area contributed by atoms with Crippen molar-refractivity contribution in [3.63, 3.8) is 0 Å². The molecule has 4 rings (SSSR count). The summed E-state index contributed by atoms with van der Waals surface area (Å²) < 4.78 is 5.42. The minimum absolute atomic E-state index is 0.226. The van der Waals surface area contributed by atoms with Crippen molar-refractivity contribution in [2.75, 3.05) is 5.32 Å². The number of nitrogens with one attached hydrogen (secondary N) is 1. The first-order valence-electron chi connectivity index (χ1n) is 8.57. The highest BCUT2D eigenvalue weighted by atomic mass is 16.5. The quantitative estimate of drug-likeness (QED) is 0.561. The van der Waals surface area contributed by atoms with Crippen molar-refractivity contribution in [1.82, 2.24) is 10.1 Å². The fraction of sp³-hybridized carbons (Fsp3) is 0.0455. The minimum atomic E-state index is -0.226. The zero-order valence-corrected chi connectivity index (χ0v) is 14.7. The molecule has 0 spiro atoms. The predicted octanol–water partition coefficient (Wildman–Crippen LogP) is 4.96. The molecule has 0 aliphatic rings. The van der Waals surface area contributed by atoms with Gasteiger partial charge in [0.25, 0.3) is 11.8 Å². The number of carbonyl (C=O) groups is 1. The molecule has 0 fully saturated rings. The number of amides is 1. The molecular weight excluding hydrogens is 338 g/mol. The number of anilines is 1. The van der Waals surface area contributed by atoms with Gasteiger partial charge in [-0.25, -0.2) is 0 Å². The first kappa shape index (κ1) is 16.7. The van der Waals surface area contributed by atoms with Crippen LogP contribution in [0.2, 0.25) is 0 Å². The molecule has 0 aliphatic heterocycles. The smallest absolute Gasteiger partial charge is 0.259 e. The molecule has 5 nitrogen and oxygen atoms in total. The van der Waals surface area contributed by atoms with Crippen molar-refractivity contribution >= 4 is 11.6 Å². The Labute approximate surface area is 156 Å². The molecule has 1 aromatic heterocycles. The van der Waals surface area contributed by atoms with Crippen LogP contribution < -0.4 is 5.32 Å². The number of hydrogen-bond acceptors (Lipinski definition) is 4. The van der Waals surface area contributed by atoms with Crippen molar-refractivity contribution in [2.24, 2.45) is 0 Å². The van der Waals surface area contributed by atoms with E-state index in [1.54, 1.807) is 12.1 Å². The van der Waals surface area contributed by atoms with Gasteiger partial charge in [0, 0.05) is 11.3 Å². The van der Waals surface area contributed by atoms with Gasteiger partial charge in [-0.2, -0.15) is 4.98 Å². The van der Waals surface area contributed by atoms with E-state index in [1.807, 2.05) is 73.7 Å². The lowest BCUT2D eigenvalue weighted by Gasteiger charge is -2.08. The van der Waals surface area contributed by atoms with Crippen LogP contribution in [-0.2, 0) is 0 Å². The molecule has 1 heterocycles. The fourth-order valence-electron chi connectivity index (χ4n) is 2.83. The predicted molar refractivity (Wildman–Crippen MR) is 104 cm³/mol. The van der Waals surface area contributed by atoms with Gasteiger partial charge in [0.05, 0.1) is 11.1 Å². The molecule has 0 unspecified atom stereocenters. The van der Waals surface area contributed by atoms with Gasteiger partial charge in [0.2, 0.25) is 5.82 Å². The van der Waals surface area contributed by atoms with Gasteiger partial charge in [0.1, 0.15) is 0 Å². The highest BCUT2D eigenvalue weighted by Gasteiger charge is 2.18. The van der Waals surface area contributed by atoms with Crippen LogP contribution >= 0.6 is 0 Å². The molecule has 0 atom stereocenters. The van der Waals surface area contributed by atoms with E-state index in [-0.39, 0.29) is 5.91 Å². The lowest BCUT2D eigenvalue weighted by atomic mass is 10.1. The van der Waals surface area contributed by atoms with Crippen molar-refractivity contribution in [1.29, 1.82) is 0 Å². The summed E-state index contributed by atoms with van der Waals surface area (Å²) in [5.74, 6) is 0.569. The molecule has 3 aromatic carbocycles. The summed E-state index contributed by atoms with van der Waals surface area (Å²) in [7, 11) is 0. The summed E-state index contributed by atoms with van der Waals surface area (Å²) in [6.45, 7) is 1.98. The number of hydrogen-bond donors (Lipinski definition) is 1. The summed E-state index contributed by atoms with van der Waals surface area (Å²) in [4.78, 5) is 17.3. The van der Waals surface area contributed by atoms with Crippen LogP contribution in [0.1, 0.15) is 15.9 Å². The summed E-state index contributed by atoms with van der Waals surface area (Å²) in [6.07, 6.45) is 0. The average molecular weight is 355 g/mol. The highest BCUT2D eigenvalue weighted by molar-refractivity contribution is 6.08. The summed E-state index contributed by atoms with van der Waals surface area (Å²) in [5, 5.41) is 6.96. The van der Waals surface area contributed by atoms with Crippen LogP contribution in [0, 0.1) is 6.92 Å². The summed E-state index contributed by atoms with van der Waals surface area (Å²) >= 11 is 0. The molecular formula is C22H17N3O2. The van der Waals surface area contributed by atoms with Crippen molar-refractivity contribution in [2.45, 2.75) is 6.92 Å². The number of carbonyl (C=O) groups excluding carboxylic acids is 1. The molecule has 27 heavy (non-hydrogen) atoms. The molecule has 0 saturated heterocycles. The number of aryl methyl sites for hydroxylation is 1. The first-order valence-corrected chi connectivity index (χ1v) is 8.57. The summed E-state index contributed by atoms with van der Waals surface area (Å²) in [5.41, 5.74) is 3.74. The van der Waals surface area contributed by atoms with Gasteiger partial charge in [-0.05, 0) is 36.8 Å². The zero-order chi connectivity index (χ0) is 18.6. The van der Waals surface area contributed by atoms with Crippen molar-refractivity contribution in [3.8, 4) is 22.8 Å². The Kier molecular flexibility index (Phi) is 4.49. The lowest BCUT2D eigenvalue weighted by Crippen LogP contribution is -2.13. The Balaban J connectivity index is 1.65. The van der Waals surface area contributed by atoms with E-state index in [2.05, 4.69) is 15.5 Å². The third kappa shape index (κ3) is 3.62. The number of rotatable bonds is 4. The second-order valence-electron chi connectivity index (χ2n) is 6.16. The lowest BCUT2D eigenvalue weighted by molar-refractivity contribution is 0.102. The maximum absolute atomic E-state index is 12.8. The van der Waals surface area contributed by atoms with E-state index >= 15 is 0 Å². The monoisotopic (exact) mass is 355 g/mol. The van der Waals surface area contributed by atoms with Gasteiger partial charge in [-0.3, -0.25) is 4.79 Å². The molecule has 4 aromatic rings. The maximum atomic E-state index is 12.8. The van der Waals surface area contributed by atoms with Crippen LogP contribution in [0.3, 0.4) is 0 Å². The van der Waals surface area contributed by atoms with Crippen LogP contribution in [0.4, 0.5) is 5.69 Å². The Hall–Kier alpha value is -3.73. The fourth-order valence-corrected chi connectivity index (χ4v) is 2.83. The largest absolute Gasteiger partial charge is 0.334 e. The topological polar surface area (TPSA) is 68.0 Å². The summed E-state index contributed by atoms with van der Waals surface area (Å²) in [6, 6.07) is 24.4. The third-order valence-electron chi connectivity index (χ3n) is 4.14. The third-order valence-corrected chi connectivity index (χ3v) is 4.14. The minimum Gasteiger partial charge on any atom is -0.334 e. The van der Waals surface area contributed by atoms with Gasteiger partial charge in [0.15, 0.2) is 0 Å².